The average molecular weight is 458 g/mol. The number of hydrogen-bond donors (Lipinski definition) is 1. The molecule has 4 rings (SSSR count). The average Bonchev–Trinajstić information content (AvgIpc) is 3.10. The summed E-state index contributed by atoms with van der Waals surface area (Å²) in [4.78, 5) is 28.1. The highest BCUT2D eigenvalue weighted by molar-refractivity contribution is 6.51. The number of aliphatic hydroxyl groups excluding tert-OH is 1. The first kappa shape index (κ1) is 23.1. The number of carbonyl (C=O) groups excluding carboxylic acids is 2. The Morgan fingerprint density at radius 3 is 2.21 bits per heavy atom. The number of aliphatic hydroxyl groups is 1. The van der Waals surface area contributed by atoms with Crippen molar-refractivity contribution >= 4 is 23.1 Å². The molecule has 174 valence electrons. The van der Waals surface area contributed by atoms with Gasteiger partial charge < -0.3 is 14.6 Å². The summed E-state index contributed by atoms with van der Waals surface area (Å²) < 4.78 is 11.2. The van der Waals surface area contributed by atoms with Crippen LogP contribution in [-0.4, -0.2) is 30.0 Å². The number of Topliss-reactive ketones (excluding diaryl/α,β-unsaturated/α-hetero) is 1. The summed E-state index contributed by atoms with van der Waals surface area (Å²) in [5, 5.41) is 11.3. The number of rotatable bonds is 7. The second-order valence-corrected chi connectivity index (χ2v) is 7.92. The van der Waals surface area contributed by atoms with Crippen molar-refractivity contribution in [3.8, 4) is 11.5 Å². The van der Waals surface area contributed by atoms with Crippen molar-refractivity contribution in [1.82, 2.24) is 0 Å². The van der Waals surface area contributed by atoms with E-state index < -0.39 is 17.7 Å². The molecular weight excluding hydrogens is 430 g/mol. The maximum absolute atomic E-state index is 13.4. The fourth-order valence-electron chi connectivity index (χ4n) is 4.23. The molecule has 0 bridgehead atoms. The van der Waals surface area contributed by atoms with E-state index in [0.29, 0.717) is 36.0 Å². The second-order valence-electron chi connectivity index (χ2n) is 7.92. The van der Waals surface area contributed by atoms with Crippen molar-refractivity contribution in [2.45, 2.75) is 26.8 Å². The molecule has 6 heteroatoms. The molecule has 1 unspecified atom stereocenters. The SMILES string of the molecule is CCOc1cccc(/C(O)=C2\C(=O)C(=O)N(c3cccc(OCC)c3)C2c2ccccc2C)c1. The fourth-order valence-corrected chi connectivity index (χ4v) is 4.23. The normalized spacial score (nSPS) is 17.1. The van der Waals surface area contributed by atoms with Gasteiger partial charge in [-0.25, -0.2) is 0 Å². The minimum Gasteiger partial charge on any atom is -0.507 e. The molecule has 1 N–H and O–H groups in total. The smallest absolute Gasteiger partial charge is 0.300 e. The van der Waals surface area contributed by atoms with E-state index in [1.807, 2.05) is 45.0 Å². The van der Waals surface area contributed by atoms with Gasteiger partial charge in [-0.2, -0.15) is 0 Å². The lowest BCUT2D eigenvalue weighted by Gasteiger charge is -2.27. The summed E-state index contributed by atoms with van der Waals surface area (Å²) in [5.41, 5.74) is 2.61. The zero-order chi connectivity index (χ0) is 24.2. The number of hydrogen-bond acceptors (Lipinski definition) is 5. The molecule has 0 radical (unpaired) electrons. The van der Waals surface area contributed by atoms with Crippen LogP contribution in [0.2, 0.25) is 0 Å². The van der Waals surface area contributed by atoms with Gasteiger partial charge in [-0.15, -0.1) is 0 Å². The molecular formula is C28H27NO5. The summed E-state index contributed by atoms with van der Waals surface area (Å²) >= 11 is 0. The zero-order valence-electron chi connectivity index (χ0n) is 19.4. The van der Waals surface area contributed by atoms with Gasteiger partial charge >= 0.3 is 0 Å². The standard InChI is InChI=1S/C28H27NO5/c1-4-33-21-13-8-11-19(16-21)26(30)24-25(23-15-7-6-10-18(23)3)29(28(32)27(24)31)20-12-9-14-22(17-20)34-5-2/h6-17,25,30H,4-5H2,1-3H3/b26-24+. The van der Waals surface area contributed by atoms with E-state index in [1.165, 1.54) is 4.90 Å². The number of benzene rings is 3. The summed E-state index contributed by atoms with van der Waals surface area (Å²) in [5.74, 6) is -0.525. The van der Waals surface area contributed by atoms with E-state index in [0.717, 1.165) is 11.1 Å². The van der Waals surface area contributed by atoms with Crippen molar-refractivity contribution in [3.63, 3.8) is 0 Å². The third-order valence-corrected chi connectivity index (χ3v) is 5.75. The van der Waals surface area contributed by atoms with Crippen LogP contribution in [0.25, 0.3) is 5.76 Å². The first-order valence-electron chi connectivity index (χ1n) is 11.3. The first-order chi connectivity index (χ1) is 16.5. The maximum Gasteiger partial charge on any atom is 0.300 e. The molecule has 0 aliphatic carbocycles. The molecule has 3 aromatic carbocycles. The second kappa shape index (κ2) is 9.83. The number of carbonyl (C=O) groups is 2. The van der Waals surface area contributed by atoms with Crippen molar-refractivity contribution in [1.29, 1.82) is 0 Å². The van der Waals surface area contributed by atoms with Crippen LogP contribution in [0.3, 0.4) is 0 Å². The minimum absolute atomic E-state index is 0.0368. The van der Waals surface area contributed by atoms with Crippen LogP contribution in [0.15, 0.2) is 78.4 Å². The van der Waals surface area contributed by atoms with E-state index in [-0.39, 0.29) is 11.3 Å². The third kappa shape index (κ3) is 4.27. The van der Waals surface area contributed by atoms with E-state index in [2.05, 4.69) is 0 Å². The molecule has 1 atom stereocenters. The highest BCUT2D eigenvalue weighted by atomic mass is 16.5. The van der Waals surface area contributed by atoms with E-state index in [1.54, 1.807) is 48.5 Å². The third-order valence-electron chi connectivity index (χ3n) is 5.75. The van der Waals surface area contributed by atoms with Gasteiger partial charge in [0.2, 0.25) is 0 Å². The lowest BCUT2D eigenvalue weighted by molar-refractivity contribution is -0.132. The molecule has 6 nitrogen and oxygen atoms in total. The Hall–Kier alpha value is -4.06. The Balaban J connectivity index is 1.93. The number of amides is 1. The van der Waals surface area contributed by atoms with Crippen LogP contribution in [0, 0.1) is 6.92 Å². The number of nitrogens with zero attached hydrogens (tertiary/aromatic N) is 1. The van der Waals surface area contributed by atoms with Gasteiger partial charge in [0.1, 0.15) is 17.3 Å². The van der Waals surface area contributed by atoms with Gasteiger partial charge in [0.15, 0.2) is 0 Å². The Bertz CT molecular complexity index is 1260. The Morgan fingerprint density at radius 2 is 1.53 bits per heavy atom. The Labute approximate surface area is 199 Å². The lowest BCUT2D eigenvalue weighted by atomic mass is 9.92. The molecule has 1 saturated heterocycles. The van der Waals surface area contributed by atoms with Gasteiger partial charge in [0.25, 0.3) is 11.7 Å². The molecule has 1 fully saturated rings. The van der Waals surface area contributed by atoms with Crippen molar-refractivity contribution in [2.75, 3.05) is 18.1 Å². The first-order valence-corrected chi connectivity index (χ1v) is 11.3. The van der Waals surface area contributed by atoms with Crippen molar-refractivity contribution < 1.29 is 24.2 Å². The van der Waals surface area contributed by atoms with E-state index in [9.17, 15) is 14.7 Å². The minimum atomic E-state index is -0.797. The molecule has 0 spiro atoms. The van der Waals surface area contributed by atoms with Crippen LogP contribution >= 0.6 is 0 Å². The largest absolute Gasteiger partial charge is 0.507 e. The number of ketones is 1. The topological polar surface area (TPSA) is 76.1 Å². The van der Waals surface area contributed by atoms with Crippen LogP contribution in [-0.2, 0) is 9.59 Å². The van der Waals surface area contributed by atoms with Gasteiger partial charge in [-0.05, 0) is 56.2 Å². The zero-order valence-corrected chi connectivity index (χ0v) is 19.4. The number of aryl methyl sites for hydroxylation is 1. The van der Waals surface area contributed by atoms with Gasteiger partial charge in [0.05, 0.1) is 24.8 Å². The van der Waals surface area contributed by atoms with E-state index >= 15 is 0 Å². The molecule has 0 aromatic heterocycles. The number of anilines is 1. The summed E-state index contributed by atoms with van der Waals surface area (Å²) in [6, 6.07) is 20.7. The molecule has 1 heterocycles. The van der Waals surface area contributed by atoms with Crippen molar-refractivity contribution in [3.05, 3.63) is 95.1 Å². The molecule has 3 aromatic rings. The monoisotopic (exact) mass is 457 g/mol. The van der Waals surface area contributed by atoms with Crippen molar-refractivity contribution in [2.24, 2.45) is 0 Å². The van der Waals surface area contributed by atoms with E-state index in [4.69, 9.17) is 9.47 Å². The highest BCUT2D eigenvalue weighted by Crippen LogP contribution is 2.43. The van der Waals surface area contributed by atoms with Gasteiger partial charge in [0, 0.05) is 17.3 Å². The lowest BCUT2D eigenvalue weighted by Crippen LogP contribution is -2.29. The van der Waals surface area contributed by atoms with Gasteiger partial charge in [-0.3, -0.25) is 14.5 Å². The molecule has 1 amide bonds. The van der Waals surface area contributed by atoms with Crippen LogP contribution in [0.1, 0.15) is 36.6 Å². The predicted molar refractivity (Wildman–Crippen MR) is 131 cm³/mol. The van der Waals surface area contributed by atoms with Crippen LogP contribution in [0.4, 0.5) is 5.69 Å². The molecule has 0 saturated carbocycles. The summed E-state index contributed by atoms with van der Waals surface area (Å²) in [6.07, 6.45) is 0. The highest BCUT2D eigenvalue weighted by Gasteiger charge is 2.47. The van der Waals surface area contributed by atoms with Crippen LogP contribution < -0.4 is 14.4 Å². The summed E-state index contributed by atoms with van der Waals surface area (Å²) in [6.45, 7) is 6.60. The maximum atomic E-state index is 13.4. The molecule has 1 aliphatic rings. The summed E-state index contributed by atoms with van der Waals surface area (Å²) in [7, 11) is 0. The van der Waals surface area contributed by atoms with Gasteiger partial charge in [-0.1, -0.05) is 42.5 Å². The molecule has 1 aliphatic heterocycles. The number of ether oxygens (including phenoxy) is 2. The van der Waals surface area contributed by atoms with Crippen LogP contribution in [0.5, 0.6) is 11.5 Å². The fraction of sp³-hybridized carbons (Fsp3) is 0.214. The Kier molecular flexibility index (Phi) is 6.68. The molecule has 34 heavy (non-hydrogen) atoms. The predicted octanol–water partition coefficient (Wildman–Crippen LogP) is 5.42. The quantitative estimate of drug-likeness (QED) is 0.291. The Morgan fingerprint density at radius 1 is 0.882 bits per heavy atom.